The first-order valence-corrected chi connectivity index (χ1v) is 11.2. The van der Waals surface area contributed by atoms with Crippen LogP contribution < -0.4 is 16.0 Å². The van der Waals surface area contributed by atoms with Gasteiger partial charge in [-0.25, -0.2) is 5.48 Å². The van der Waals surface area contributed by atoms with Gasteiger partial charge in [0.05, 0.1) is 17.8 Å². The van der Waals surface area contributed by atoms with Gasteiger partial charge in [-0.05, 0) is 63.4 Å². The number of hydrogen-bond donors (Lipinski definition) is 3. The lowest BCUT2D eigenvalue weighted by Crippen LogP contribution is -2.46. The van der Waals surface area contributed by atoms with Crippen molar-refractivity contribution in [2.75, 3.05) is 19.7 Å². The van der Waals surface area contributed by atoms with E-state index in [9.17, 15) is 14.7 Å². The van der Waals surface area contributed by atoms with Crippen molar-refractivity contribution in [1.82, 2.24) is 10.4 Å². The molecule has 33 heavy (non-hydrogen) atoms. The van der Waals surface area contributed by atoms with E-state index in [1.807, 2.05) is 12.1 Å². The van der Waals surface area contributed by atoms with Gasteiger partial charge in [0.15, 0.2) is 0 Å². The maximum Gasteiger partial charge on any atom is 0.278 e. The minimum atomic E-state index is -0.571. The number of nitrogens with one attached hydrogen (secondary N) is 1. The monoisotopic (exact) mass is 453 g/mol. The smallest absolute Gasteiger partial charge is 0.278 e. The van der Waals surface area contributed by atoms with Crippen LogP contribution in [0.3, 0.4) is 0 Å². The number of aromatic hydroxyl groups is 1. The van der Waals surface area contributed by atoms with E-state index in [0.29, 0.717) is 31.8 Å². The molecule has 1 fully saturated rings. The minimum Gasteiger partial charge on any atom is -0.507 e. The fourth-order valence-electron chi connectivity index (χ4n) is 4.38. The highest BCUT2D eigenvalue weighted by atomic mass is 16.7. The summed E-state index contributed by atoms with van der Waals surface area (Å²) < 4.78 is 5.94. The van der Waals surface area contributed by atoms with Gasteiger partial charge in [-0.3, -0.25) is 14.4 Å². The summed E-state index contributed by atoms with van der Waals surface area (Å²) in [7, 11) is 0. The van der Waals surface area contributed by atoms with E-state index in [-0.39, 0.29) is 22.6 Å². The molecule has 0 radical (unpaired) electrons. The number of hydrogen-bond acceptors (Lipinski definition) is 6. The van der Waals surface area contributed by atoms with Crippen LogP contribution in [0.4, 0.5) is 0 Å². The Morgan fingerprint density at radius 3 is 2.55 bits per heavy atom. The van der Waals surface area contributed by atoms with Gasteiger partial charge in [0.2, 0.25) is 0 Å². The lowest BCUT2D eigenvalue weighted by atomic mass is 9.74. The second-order valence-corrected chi connectivity index (χ2v) is 9.77. The second-order valence-electron chi connectivity index (χ2n) is 9.77. The predicted octanol–water partition coefficient (Wildman–Crippen LogP) is 2.88. The first-order chi connectivity index (χ1) is 15.6. The van der Waals surface area contributed by atoms with Gasteiger partial charge in [-0.15, -0.1) is 0 Å². The quantitative estimate of drug-likeness (QED) is 0.614. The van der Waals surface area contributed by atoms with Crippen molar-refractivity contribution in [3.8, 4) is 11.5 Å². The molecule has 2 aromatic rings. The zero-order valence-electron chi connectivity index (χ0n) is 19.3. The summed E-state index contributed by atoms with van der Waals surface area (Å²) >= 11 is 0. The molecule has 0 saturated carbocycles. The van der Waals surface area contributed by atoms with Gasteiger partial charge in [0.1, 0.15) is 11.5 Å². The SMILES string of the molecule is CC(C)(C)ONC(=O)c1ccc(C(=O)N2CCC3(CC2)COc2ccc(CN)cc23)cc1O. The maximum absolute atomic E-state index is 13.1. The summed E-state index contributed by atoms with van der Waals surface area (Å²) in [6.45, 7) is 7.64. The van der Waals surface area contributed by atoms with E-state index < -0.39 is 11.5 Å². The average Bonchev–Trinajstić information content (AvgIpc) is 3.14. The molecule has 4 rings (SSSR count). The highest BCUT2D eigenvalue weighted by molar-refractivity contribution is 5.99. The van der Waals surface area contributed by atoms with Crippen molar-refractivity contribution in [3.05, 3.63) is 58.7 Å². The summed E-state index contributed by atoms with van der Waals surface area (Å²) in [5.74, 6) is -0.107. The summed E-state index contributed by atoms with van der Waals surface area (Å²) in [5, 5.41) is 10.4. The van der Waals surface area contributed by atoms with E-state index in [1.54, 1.807) is 31.7 Å². The van der Waals surface area contributed by atoms with E-state index in [1.165, 1.54) is 17.7 Å². The van der Waals surface area contributed by atoms with Gasteiger partial charge >= 0.3 is 0 Å². The fourth-order valence-corrected chi connectivity index (χ4v) is 4.38. The van der Waals surface area contributed by atoms with Crippen LogP contribution in [0.15, 0.2) is 36.4 Å². The van der Waals surface area contributed by atoms with Gasteiger partial charge in [0, 0.05) is 36.2 Å². The molecular weight excluding hydrogens is 422 g/mol. The molecular formula is C25H31N3O5. The third-order valence-corrected chi connectivity index (χ3v) is 6.30. The van der Waals surface area contributed by atoms with Gasteiger partial charge in [-0.1, -0.05) is 12.1 Å². The highest BCUT2D eigenvalue weighted by Crippen LogP contribution is 2.46. The maximum atomic E-state index is 13.1. The third-order valence-electron chi connectivity index (χ3n) is 6.30. The summed E-state index contributed by atoms with van der Waals surface area (Å²) in [4.78, 5) is 32.4. The number of nitrogens with zero attached hydrogens (tertiary/aromatic N) is 1. The Hall–Kier alpha value is -3.10. The van der Waals surface area contributed by atoms with E-state index in [0.717, 1.165) is 24.2 Å². The van der Waals surface area contributed by atoms with Crippen molar-refractivity contribution < 1.29 is 24.3 Å². The molecule has 0 aliphatic carbocycles. The third kappa shape index (κ3) is 4.67. The molecule has 0 aromatic heterocycles. The van der Waals surface area contributed by atoms with Crippen LogP contribution in [0.1, 0.15) is 65.5 Å². The Morgan fingerprint density at radius 1 is 1.18 bits per heavy atom. The van der Waals surface area contributed by atoms with Crippen molar-refractivity contribution in [1.29, 1.82) is 0 Å². The molecule has 2 aliphatic heterocycles. The van der Waals surface area contributed by atoms with Crippen molar-refractivity contribution in [2.45, 2.75) is 51.2 Å². The van der Waals surface area contributed by atoms with Gasteiger partial charge in [-0.2, -0.15) is 0 Å². The minimum absolute atomic E-state index is 0.0452. The number of rotatable bonds is 4. The highest BCUT2D eigenvalue weighted by Gasteiger charge is 2.44. The van der Waals surface area contributed by atoms with E-state index >= 15 is 0 Å². The molecule has 176 valence electrons. The Morgan fingerprint density at radius 2 is 1.91 bits per heavy atom. The number of nitrogens with two attached hydrogens (primary N) is 1. The number of ether oxygens (including phenoxy) is 1. The molecule has 2 aromatic carbocycles. The molecule has 8 heteroatoms. The topological polar surface area (TPSA) is 114 Å². The molecule has 2 heterocycles. The Bertz CT molecular complexity index is 1070. The van der Waals surface area contributed by atoms with Crippen molar-refractivity contribution >= 4 is 11.8 Å². The van der Waals surface area contributed by atoms with Gasteiger partial charge in [0.25, 0.3) is 11.8 Å². The normalized spacial score (nSPS) is 16.9. The largest absolute Gasteiger partial charge is 0.507 e. The molecule has 0 unspecified atom stereocenters. The number of phenols is 1. The summed E-state index contributed by atoms with van der Waals surface area (Å²) in [6, 6.07) is 10.4. The lowest BCUT2D eigenvalue weighted by Gasteiger charge is -2.38. The molecule has 8 nitrogen and oxygen atoms in total. The van der Waals surface area contributed by atoms with Crippen LogP contribution in [0.5, 0.6) is 11.5 Å². The molecule has 1 saturated heterocycles. The number of hydroxylamine groups is 1. The molecule has 4 N–H and O–H groups in total. The Balaban J connectivity index is 1.43. The number of piperidine rings is 1. The van der Waals surface area contributed by atoms with Crippen LogP contribution in [0.2, 0.25) is 0 Å². The molecule has 1 spiro atoms. The van der Waals surface area contributed by atoms with Crippen LogP contribution in [-0.2, 0) is 16.8 Å². The number of carbonyl (C=O) groups is 2. The van der Waals surface area contributed by atoms with Crippen molar-refractivity contribution in [2.24, 2.45) is 5.73 Å². The summed E-state index contributed by atoms with van der Waals surface area (Å²) in [5.41, 5.74) is 10.1. The van der Waals surface area contributed by atoms with Crippen LogP contribution in [0, 0.1) is 0 Å². The second kappa shape index (κ2) is 8.68. The first-order valence-electron chi connectivity index (χ1n) is 11.2. The van der Waals surface area contributed by atoms with Crippen LogP contribution >= 0.6 is 0 Å². The van der Waals surface area contributed by atoms with Gasteiger partial charge < -0.3 is 20.5 Å². The first kappa shape index (κ1) is 23.1. The predicted molar refractivity (Wildman–Crippen MR) is 123 cm³/mol. The van der Waals surface area contributed by atoms with E-state index in [4.69, 9.17) is 15.3 Å². The van der Waals surface area contributed by atoms with Crippen LogP contribution in [-0.4, -0.2) is 47.1 Å². The molecule has 2 aliphatic rings. The lowest BCUT2D eigenvalue weighted by molar-refractivity contribution is -0.0590. The molecule has 0 bridgehead atoms. The Kier molecular flexibility index (Phi) is 6.07. The Labute approximate surface area is 193 Å². The number of amides is 2. The standard InChI is InChI=1S/C25H31N3O5/c1-24(2,3)33-27-22(30)18-6-5-17(13-20(18)29)23(31)28-10-8-25(9-11-28)15-32-21-7-4-16(14-26)12-19(21)25/h4-7,12-13,29H,8-11,14-15,26H2,1-3H3,(H,27,30). The van der Waals surface area contributed by atoms with Crippen LogP contribution in [0.25, 0.3) is 0 Å². The number of phenolic OH excluding ortho intramolecular Hbond substituents is 1. The number of fused-ring (bicyclic) bond motifs is 2. The average molecular weight is 454 g/mol. The molecule has 2 amide bonds. The van der Waals surface area contributed by atoms with Crippen molar-refractivity contribution in [3.63, 3.8) is 0 Å². The number of carbonyl (C=O) groups excluding carboxylic acids is 2. The van der Waals surface area contributed by atoms with E-state index in [2.05, 4.69) is 11.5 Å². The number of benzene rings is 2. The number of likely N-dealkylation sites (tertiary alicyclic amines) is 1. The summed E-state index contributed by atoms with van der Waals surface area (Å²) in [6.07, 6.45) is 1.58. The zero-order chi connectivity index (χ0) is 23.8. The fraction of sp³-hybridized carbons (Fsp3) is 0.440. The zero-order valence-corrected chi connectivity index (χ0v) is 19.3. The molecule has 0 atom stereocenters.